The van der Waals surface area contributed by atoms with Gasteiger partial charge in [0, 0.05) is 5.69 Å². The lowest BCUT2D eigenvalue weighted by molar-refractivity contribution is -0.115. The first-order valence-electron chi connectivity index (χ1n) is 5.49. The third-order valence-corrected chi connectivity index (χ3v) is 3.14. The highest BCUT2D eigenvalue weighted by Gasteiger charge is 2.21. The first-order valence-corrected chi connectivity index (χ1v) is 5.87. The van der Waals surface area contributed by atoms with Gasteiger partial charge in [0.1, 0.15) is 11.9 Å². The Morgan fingerprint density at radius 2 is 2.17 bits per heavy atom. The molecule has 1 aromatic heterocycles. The van der Waals surface area contributed by atoms with E-state index in [1.165, 1.54) is 0 Å². The number of rotatable bonds is 2. The Morgan fingerprint density at radius 1 is 1.33 bits per heavy atom. The van der Waals surface area contributed by atoms with Crippen LogP contribution in [0, 0.1) is 0 Å². The number of nitrogens with one attached hydrogen (secondary N) is 1. The molecule has 0 bridgehead atoms. The number of carbonyl (C=O) groups excluding carboxylic acids is 1. The summed E-state index contributed by atoms with van der Waals surface area (Å²) in [5.74, 6) is 0.356. The van der Waals surface area contributed by atoms with Crippen molar-refractivity contribution in [2.24, 2.45) is 0 Å². The summed E-state index contributed by atoms with van der Waals surface area (Å²) in [5.41, 5.74) is 2.36. The number of anilines is 1. The molecule has 0 saturated carbocycles. The summed E-state index contributed by atoms with van der Waals surface area (Å²) in [4.78, 5) is 11.2. The molecule has 18 heavy (non-hydrogen) atoms. The van der Waals surface area contributed by atoms with E-state index in [9.17, 15) is 9.90 Å². The average Bonchev–Trinajstić information content (AvgIpc) is 2.92. The lowest BCUT2D eigenvalue weighted by Crippen LogP contribution is -2.03. The fourth-order valence-corrected chi connectivity index (χ4v) is 2.21. The minimum Gasteiger partial charge on any atom is -0.447 e. The molecule has 1 atom stereocenters. The second kappa shape index (κ2) is 4.15. The van der Waals surface area contributed by atoms with Gasteiger partial charge in [0.05, 0.1) is 6.42 Å². The van der Waals surface area contributed by atoms with Crippen molar-refractivity contribution < 1.29 is 14.3 Å². The van der Waals surface area contributed by atoms with E-state index in [4.69, 9.17) is 16.0 Å². The topological polar surface area (TPSA) is 62.5 Å². The minimum atomic E-state index is -0.876. The molecule has 1 unspecified atom stereocenters. The van der Waals surface area contributed by atoms with Crippen LogP contribution in [0.25, 0.3) is 0 Å². The van der Waals surface area contributed by atoms with Gasteiger partial charge in [0.25, 0.3) is 0 Å². The number of carbonyl (C=O) groups is 1. The Kier molecular flexibility index (Phi) is 2.61. The van der Waals surface area contributed by atoms with Gasteiger partial charge in [-0.25, -0.2) is 0 Å². The number of aliphatic hydroxyl groups is 1. The molecule has 1 aromatic carbocycles. The number of fused-ring (bicyclic) bond motifs is 1. The van der Waals surface area contributed by atoms with Crippen LogP contribution in [0.2, 0.25) is 5.22 Å². The summed E-state index contributed by atoms with van der Waals surface area (Å²) < 4.78 is 5.17. The van der Waals surface area contributed by atoms with E-state index in [1.54, 1.807) is 30.3 Å². The number of amides is 1. The van der Waals surface area contributed by atoms with Gasteiger partial charge in [-0.3, -0.25) is 4.79 Å². The van der Waals surface area contributed by atoms with Gasteiger partial charge >= 0.3 is 0 Å². The second-order valence-corrected chi connectivity index (χ2v) is 4.56. The Morgan fingerprint density at radius 3 is 2.89 bits per heavy atom. The zero-order chi connectivity index (χ0) is 12.7. The maximum Gasteiger partial charge on any atom is 0.228 e. The summed E-state index contributed by atoms with van der Waals surface area (Å²) >= 11 is 5.67. The van der Waals surface area contributed by atoms with Crippen molar-refractivity contribution in [3.63, 3.8) is 0 Å². The van der Waals surface area contributed by atoms with E-state index in [2.05, 4.69) is 5.32 Å². The van der Waals surface area contributed by atoms with E-state index in [0.29, 0.717) is 17.7 Å². The van der Waals surface area contributed by atoms with Crippen molar-refractivity contribution >= 4 is 23.2 Å². The van der Waals surface area contributed by atoms with Crippen LogP contribution in [0.15, 0.2) is 34.7 Å². The van der Waals surface area contributed by atoms with E-state index in [-0.39, 0.29) is 11.1 Å². The summed E-state index contributed by atoms with van der Waals surface area (Å²) in [6, 6.07) is 8.55. The fourth-order valence-electron chi connectivity index (χ4n) is 2.06. The van der Waals surface area contributed by atoms with Crippen LogP contribution in [0.4, 0.5) is 5.69 Å². The summed E-state index contributed by atoms with van der Waals surface area (Å²) in [6.45, 7) is 0. The maximum absolute atomic E-state index is 11.2. The summed E-state index contributed by atoms with van der Waals surface area (Å²) in [5, 5.41) is 13.1. The van der Waals surface area contributed by atoms with Gasteiger partial charge < -0.3 is 14.8 Å². The van der Waals surface area contributed by atoms with Crippen LogP contribution in [0.1, 0.15) is 23.0 Å². The van der Waals surface area contributed by atoms with Gasteiger partial charge in [-0.05, 0) is 40.9 Å². The molecule has 4 nitrogen and oxygen atoms in total. The molecule has 1 amide bonds. The van der Waals surface area contributed by atoms with E-state index < -0.39 is 6.10 Å². The van der Waals surface area contributed by atoms with E-state index >= 15 is 0 Å². The fraction of sp³-hybridized carbons (Fsp3) is 0.154. The molecule has 92 valence electrons. The maximum atomic E-state index is 11.2. The molecule has 3 rings (SSSR count). The van der Waals surface area contributed by atoms with Gasteiger partial charge in [0.15, 0.2) is 5.22 Å². The molecule has 5 heteroatoms. The number of hydrogen-bond donors (Lipinski definition) is 2. The van der Waals surface area contributed by atoms with Crippen molar-refractivity contribution in [3.8, 4) is 0 Å². The van der Waals surface area contributed by atoms with E-state index in [1.807, 2.05) is 0 Å². The molecule has 1 aliphatic rings. The highest BCUT2D eigenvalue weighted by Crippen LogP contribution is 2.30. The van der Waals surface area contributed by atoms with Crippen LogP contribution < -0.4 is 5.32 Å². The van der Waals surface area contributed by atoms with Crippen molar-refractivity contribution in [1.29, 1.82) is 0 Å². The Hall–Kier alpha value is -1.78. The highest BCUT2D eigenvalue weighted by atomic mass is 35.5. The lowest BCUT2D eigenvalue weighted by Gasteiger charge is -2.09. The van der Waals surface area contributed by atoms with Crippen LogP contribution >= 0.6 is 11.6 Å². The first-order chi connectivity index (χ1) is 8.63. The molecule has 0 saturated heterocycles. The standard InChI is InChI=1S/C13H10ClNO3/c14-11-4-3-10(18-11)13(17)7-1-2-9-8(5-7)6-12(16)15-9/h1-5,13,17H,6H2,(H,15,16). The molecular weight excluding hydrogens is 254 g/mol. The van der Waals surface area contributed by atoms with Crippen LogP contribution in [0.3, 0.4) is 0 Å². The quantitative estimate of drug-likeness (QED) is 0.875. The third-order valence-electron chi connectivity index (χ3n) is 2.93. The predicted molar refractivity (Wildman–Crippen MR) is 66.6 cm³/mol. The van der Waals surface area contributed by atoms with Gasteiger partial charge in [-0.2, -0.15) is 0 Å². The summed E-state index contributed by atoms with van der Waals surface area (Å²) in [7, 11) is 0. The van der Waals surface area contributed by atoms with Gasteiger partial charge in [-0.1, -0.05) is 12.1 Å². The molecule has 0 spiro atoms. The van der Waals surface area contributed by atoms with Crippen molar-refractivity contribution in [2.45, 2.75) is 12.5 Å². The zero-order valence-corrected chi connectivity index (χ0v) is 10.1. The normalized spacial score (nSPS) is 15.3. The minimum absolute atomic E-state index is 0.0299. The largest absolute Gasteiger partial charge is 0.447 e. The highest BCUT2D eigenvalue weighted by molar-refractivity contribution is 6.28. The third kappa shape index (κ3) is 1.89. The number of aliphatic hydroxyl groups excluding tert-OH is 1. The molecule has 0 fully saturated rings. The molecule has 2 heterocycles. The zero-order valence-electron chi connectivity index (χ0n) is 9.31. The molecule has 2 N–H and O–H groups in total. The van der Waals surface area contributed by atoms with Gasteiger partial charge in [-0.15, -0.1) is 0 Å². The number of halogens is 1. The average molecular weight is 264 g/mol. The summed E-state index contributed by atoms with van der Waals surface area (Å²) in [6.07, 6.45) is -0.534. The lowest BCUT2D eigenvalue weighted by atomic mass is 10.0. The molecule has 2 aromatic rings. The molecular formula is C13H10ClNO3. The Balaban J connectivity index is 1.94. The Bertz CT molecular complexity index is 620. The second-order valence-electron chi connectivity index (χ2n) is 4.19. The molecule has 1 aliphatic heterocycles. The number of hydrogen-bond acceptors (Lipinski definition) is 3. The first kappa shape index (κ1) is 11.3. The van der Waals surface area contributed by atoms with Crippen LogP contribution in [0.5, 0.6) is 0 Å². The van der Waals surface area contributed by atoms with Crippen molar-refractivity contribution in [1.82, 2.24) is 0 Å². The van der Waals surface area contributed by atoms with Crippen LogP contribution in [-0.4, -0.2) is 11.0 Å². The number of furan rings is 1. The molecule has 0 aliphatic carbocycles. The molecule has 0 radical (unpaired) electrons. The Labute approximate surface area is 108 Å². The van der Waals surface area contributed by atoms with Crippen LogP contribution in [-0.2, 0) is 11.2 Å². The van der Waals surface area contributed by atoms with Crippen molar-refractivity contribution in [2.75, 3.05) is 5.32 Å². The van der Waals surface area contributed by atoms with E-state index in [0.717, 1.165) is 11.3 Å². The van der Waals surface area contributed by atoms with Gasteiger partial charge in [0.2, 0.25) is 5.91 Å². The predicted octanol–water partition coefficient (Wildman–Crippen LogP) is 2.51. The monoisotopic (exact) mass is 263 g/mol. The van der Waals surface area contributed by atoms with Crippen molar-refractivity contribution in [3.05, 3.63) is 52.4 Å². The number of benzene rings is 1. The SMILES string of the molecule is O=C1Cc2cc(C(O)c3ccc(Cl)o3)ccc2N1. The smallest absolute Gasteiger partial charge is 0.228 e.